The van der Waals surface area contributed by atoms with Gasteiger partial charge in [-0.25, -0.2) is 4.79 Å². The number of carboxylic acids is 1. The van der Waals surface area contributed by atoms with Crippen molar-refractivity contribution in [3.8, 4) is 0 Å². The number of carboxylic acid groups (broad SMARTS) is 1. The molecule has 12 N–H and O–H groups in total. The Balaban J connectivity index is 1.67. The molecular formula is C38H55N9O7. The zero-order valence-corrected chi connectivity index (χ0v) is 30.7. The normalized spacial score (nSPS) is 16.0. The van der Waals surface area contributed by atoms with Crippen molar-refractivity contribution in [3.63, 3.8) is 0 Å². The van der Waals surface area contributed by atoms with Crippen molar-refractivity contribution in [2.45, 2.75) is 101 Å². The highest BCUT2D eigenvalue weighted by Crippen LogP contribution is 2.20. The summed E-state index contributed by atoms with van der Waals surface area (Å²) in [5, 5.41) is 17.7. The van der Waals surface area contributed by atoms with Crippen molar-refractivity contribution in [2.24, 2.45) is 27.9 Å². The van der Waals surface area contributed by atoms with E-state index in [1.807, 2.05) is 30.3 Å². The van der Waals surface area contributed by atoms with Crippen molar-refractivity contribution < 1.29 is 33.9 Å². The summed E-state index contributed by atoms with van der Waals surface area (Å²) in [6.45, 7) is 0.932. The summed E-state index contributed by atoms with van der Waals surface area (Å²) in [5.74, 6) is -3.91. The Labute approximate surface area is 315 Å². The maximum absolute atomic E-state index is 13.6. The molecule has 2 aromatic carbocycles. The van der Waals surface area contributed by atoms with Gasteiger partial charge in [0.2, 0.25) is 23.6 Å². The Bertz CT molecular complexity index is 1570. The number of likely N-dealkylation sites (tertiary alicyclic amines) is 1. The molecular weight excluding hydrogens is 694 g/mol. The third-order valence-corrected chi connectivity index (χ3v) is 9.20. The van der Waals surface area contributed by atoms with Gasteiger partial charge in [-0.3, -0.25) is 29.0 Å². The van der Waals surface area contributed by atoms with E-state index in [-0.39, 0.29) is 50.5 Å². The first-order valence-corrected chi connectivity index (χ1v) is 18.4. The van der Waals surface area contributed by atoms with E-state index in [4.69, 9.17) is 22.9 Å². The summed E-state index contributed by atoms with van der Waals surface area (Å²) >= 11 is 0. The van der Waals surface area contributed by atoms with Gasteiger partial charge >= 0.3 is 5.97 Å². The van der Waals surface area contributed by atoms with E-state index < -0.39 is 59.7 Å². The molecule has 0 spiro atoms. The fourth-order valence-electron chi connectivity index (χ4n) is 6.32. The van der Waals surface area contributed by atoms with Crippen LogP contribution in [0, 0.1) is 0 Å². The number of benzene rings is 2. The molecule has 1 saturated heterocycles. The molecule has 0 bridgehead atoms. The number of Topliss-reactive ketones (excluding diaryl/α,β-unsaturated/α-hetero) is 1. The number of nitrogens with one attached hydrogen (secondary N) is 3. The molecule has 0 aromatic heterocycles. The largest absolute Gasteiger partial charge is 0.480 e. The molecule has 1 fully saturated rings. The van der Waals surface area contributed by atoms with Gasteiger partial charge in [0.05, 0.1) is 12.1 Å². The summed E-state index contributed by atoms with van der Waals surface area (Å²) in [4.78, 5) is 84.4. The molecule has 1 heterocycles. The molecule has 54 heavy (non-hydrogen) atoms. The monoisotopic (exact) mass is 749 g/mol. The van der Waals surface area contributed by atoms with Gasteiger partial charge in [0.15, 0.2) is 11.7 Å². The minimum absolute atomic E-state index is 0.0799. The predicted octanol–water partition coefficient (Wildman–Crippen LogP) is -0.139. The Kier molecular flexibility index (Phi) is 18.1. The second-order valence-corrected chi connectivity index (χ2v) is 13.5. The molecule has 1 aliphatic heterocycles. The number of carbonyl (C=O) groups excluding carboxylic acids is 5. The van der Waals surface area contributed by atoms with Gasteiger partial charge in [0.25, 0.3) is 0 Å². The Hall–Kier alpha value is -5.35. The van der Waals surface area contributed by atoms with Crippen LogP contribution in [0.2, 0.25) is 0 Å². The second-order valence-electron chi connectivity index (χ2n) is 13.5. The number of nitrogens with zero attached hydrogens (tertiary/aromatic N) is 2. The van der Waals surface area contributed by atoms with Crippen LogP contribution in [0.3, 0.4) is 0 Å². The Morgan fingerprint density at radius 3 is 2.04 bits per heavy atom. The van der Waals surface area contributed by atoms with Gasteiger partial charge in [-0.2, -0.15) is 0 Å². The van der Waals surface area contributed by atoms with Crippen molar-refractivity contribution in [2.75, 3.05) is 19.6 Å². The van der Waals surface area contributed by atoms with Crippen LogP contribution in [0.1, 0.15) is 68.9 Å². The molecule has 0 radical (unpaired) electrons. The van der Waals surface area contributed by atoms with Crippen molar-refractivity contribution >= 4 is 41.3 Å². The van der Waals surface area contributed by atoms with Gasteiger partial charge in [-0.15, -0.1) is 0 Å². The summed E-state index contributed by atoms with van der Waals surface area (Å²) in [5.41, 5.74) is 24.3. The van der Waals surface area contributed by atoms with E-state index in [2.05, 4.69) is 20.9 Å². The van der Waals surface area contributed by atoms with E-state index in [1.165, 1.54) is 4.90 Å². The number of aliphatic carboxylic acids is 1. The van der Waals surface area contributed by atoms with E-state index in [0.29, 0.717) is 51.6 Å². The van der Waals surface area contributed by atoms with Gasteiger partial charge in [-0.05, 0) is 69.0 Å². The third-order valence-electron chi connectivity index (χ3n) is 9.20. The highest BCUT2D eigenvalue weighted by Gasteiger charge is 2.37. The average Bonchev–Trinajstić information content (AvgIpc) is 3.65. The molecule has 16 nitrogen and oxygen atoms in total. The number of guanidine groups is 1. The van der Waals surface area contributed by atoms with Crippen LogP contribution in [0.25, 0.3) is 0 Å². The fraction of sp³-hybridized carbons (Fsp3) is 0.500. The van der Waals surface area contributed by atoms with Gasteiger partial charge < -0.3 is 48.9 Å². The predicted molar refractivity (Wildman–Crippen MR) is 203 cm³/mol. The van der Waals surface area contributed by atoms with Crippen LogP contribution >= 0.6 is 0 Å². The van der Waals surface area contributed by atoms with Gasteiger partial charge in [0, 0.05) is 32.4 Å². The van der Waals surface area contributed by atoms with E-state index >= 15 is 0 Å². The van der Waals surface area contributed by atoms with Crippen LogP contribution < -0.4 is 38.9 Å². The molecule has 294 valence electrons. The molecule has 5 unspecified atom stereocenters. The summed E-state index contributed by atoms with van der Waals surface area (Å²) < 4.78 is 0. The third kappa shape index (κ3) is 14.6. The SMILES string of the molecule is NCCCCC(NC(=O)C(Cc1ccccc1)NC(=O)CCC(=O)C(CCCN=C(N)N)NC(=O)C1CCCN1C(=O)C(N)Cc1ccccc1)C(=O)O. The number of aliphatic imine (C=N–C) groups is 1. The first kappa shape index (κ1) is 43.1. The van der Waals surface area contributed by atoms with Crippen LogP contribution in [-0.4, -0.2) is 101 Å². The maximum Gasteiger partial charge on any atom is 0.326 e. The molecule has 4 amide bonds. The number of hydrogen-bond acceptors (Lipinski definition) is 9. The molecule has 16 heteroatoms. The average molecular weight is 750 g/mol. The van der Waals surface area contributed by atoms with E-state index in [1.54, 1.807) is 30.3 Å². The van der Waals surface area contributed by atoms with Crippen molar-refractivity contribution in [3.05, 3.63) is 71.8 Å². The molecule has 0 aliphatic carbocycles. The maximum atomic E-state index is 13.6. The number of ketones is 1. The van der Waals surface area contributed by atoms with Crippen molar-refractivity contribution in [1.82, 2.24) is 20.9 Å². The van der Waals surface area contributed by atoms with Gasteiger partial charge in [-0.1, -0.05) is 60.7 Å². The first-order chi connectivity index (χ1) is 25.9. The summed E-state index contributed by atoms with van der Waals surface area (Å²) in [7, 11) is 0. The first-order valence-electron chi connectivity index (χ1n) is 18.4. The number of unbranched alkanes of at least 4 members (excludes halogenated alkanes) is 1. The lowest BCUT2D eigenvalue weighted by molar-refractivity contribution is -0.142. The Morgan fingerprint density at radius 1 is 0.796 bits per heavy atom. The number of rotatable bonds is 23. The minimum atomic E-state index is -1.20. The molecule has 3 rings (SSSR count). The number of nitrogens with two attached hydrogens (primary N) is 4. The quantitative estimate of drug-likeness (QED) is 0.0421. The van der Waals surface area contributed by atoms with Crippen LogP contribution in [0.4, 0.5) is 0 Å². The zero-order chi connectivity index (χ0) is 39.5. The number of amides is 4. The van der Waals surface area contributed by atoms with E-state index in [0.717, 1.165) is 11.1 Å². The smallest absolute Gasteiger partial charge is 0.326 e. The summed E-state index contributed by atoms with van der Waals surface area (Å²) in [6, 6.07) is 13.3. The van der Waals surface area contributed by atoms with E-state index in [9.17, 15) is 33.9 Å². The molecule has 2 aromatic rings. The fourth-order valence-corrected chi connectivity index (χ4v) is 6.32. The zero-order valence-electron chi connectivity index (χ0n) is 30.7. The highest BCUT2D eigenvalue weighted by atomic mass is 16.4. The molecule has 5 atom stereocenters. The van der Waals surface area contributed by atoms with Crippen LogP contribution in [-0.2, 0) is 41.6 Å². The molecule has 1 aliphatic rings. The number of hydrogen-bond donors (Lipinski definition) is 8. The number of carbonyl (C=O) groups is 6. The lowest BCUT2D eigenvalue weighted by atomic mass is 10.0. The summed E-state index contributed by atoms with van der Waals surface area (Å²) in [6.07, 6.45) is 2.54. The highest BCUT2D eigenvalue weighted by molar-refractivity contribution is 5.96. The Morgan fingerprint density at radius 2 is 1.43 bits per heavy atom. The van der Waals surface area contributed by atoms with Crippen molar-refractivity contribution in [1.29, 1.82) is 0 Å². The second kappa shape index (κ2) is 22.7. The lowest BCUT2D eigenvalue weighted by Gasteiger charge is -2.28. The molecule has 0 saturated carbocycles. The minimum Gasteiger partial charge on any atom is -0.480 e. The topological polar surface area (TPSA) is 278 Å². The van der Waals surface area contributed by atoms with Crippen LogP contribution in [0.15, 0.2) is 65.7 Å². The van der Waals surface area contributed by atoms with Gasteiger partial charge in [0.1, 0.15) is 18.1 Å². The van der Waals surface area contributed by atoms with Crippen LogP contribution in [0.5, 0.6) is 0 Å². The standard InChI is InChI=1S/C38H55N9O7/c39-20-8-7-15-29(37(53)54)46-34(50)30(24-26-13-5-2-6-14-26)44-33(49)19-18-32(48)28(16-9-21-43-38(41)42)45-35(51)31-17-10-22-47(31)36(52)27(40)23-25-11-3-1-4-12-25/h1-6,11-14,27-31H,7-10,15-24,39-40H2,(H,44,49)(H,45,51)(H,46,50)(H,53,54)(H4,41,42,43). The lowest BCUT2D eigenvalue weighted by Crippen LogP contribution is -2.54.